The molecule has 2 aliphatic rings. The molecule has 0 unspecified atom stereocenters. The van der Waals surface area contributed by atoms with E-state index in [1.54, 1.807) is 6.07 Å². The Morgan fingerprint density at radius 3 is 2.68 bits per heavy atom. The van der Waals surface area contributed by atoms with Gasteiger partial charge in [-0.05, 0) is 36.5 Å². The van der Waals surface area contributed by atoms with E-state index in [1.807, 2.05) is 0 Å². The molecule has 1 aliphatic heterocycles. The molecule has 1 amide bonds. The molecule has 1 aromatic carbocycles. The number of amides is 1. The van der Waals surface area contributed by atoms with Gasteiger partial charge in [0.25, 0.3) is 5.91 Å². The zero-order valence-electron chi connectivity index (χ0n) is 17.9. The van der Waals surface area contributed by atoms with E-state index in [1.165, 1.54) is 22.6 Å². The molecule has 4 rings (SSSR count). The number of fused-ring (bicyclic) bond motifs is 1. The van der Waals surface area contributed by atoms with Crippen LogP contribution in [0.3, 0.4) is 0 Å². The van der Waals surface area contributed by atoms with E-state index in [0.717, 1.165) is 19.3 Å². The first-order valence-corrected chi connectivity index (χ1v) is 12.3. The van der Waals surface area contributed by atoms with E-state index >= 15 is 0 Å². The lowest BCUT2D eigenvalue weighted by atomic mass is 9.78. The third kappa shape index (κ3) is 4.26. The molecule has 0 bridgehead atoms. The summed E-state index contributed by atoms with van der Waals surface area (Å²) in [6, 6.07) is 4.44. The molecule has 0 spiro atoms. The van der Waals surface area contributed by atoms with Crippen LogP contribution in [0.25, 0.3) is 10.9 Å². The van der Waals surface area contributed by atoms with Crippen LogP contribution >= 0.6 is 0 Å². The van der Waals surface area contributed by atoms with Gasteiger partial charge in [0.2, 0.25) is 15.5 Å². The first kappa shape index (κ1) is 22.0. The standard InChI is InChI=1S/C22H29N3O5S/c1-14-4-3-5-19(15(14)2)24-22(27)18-13-23-20-7-6-16(12-17(20)21(18)26)31(28,29)25-8-10-30-11-9-25/h6-7,12-15,19H,3-5,8-11H2,1-2H3,(H,23,26)(H,24,27)/t14-,15-,19+/m1/s1. The average molecular weight is 448 g/mol. The first-order chi connectivity index (χ1) is 14.8. The number of carbonyl (C=O) groups excluding carboxylic acids is 1. The molecule has 2 N–H and O–H groups in total. The summed E-state index contributed by atoms with van der Waals surface area (Å²) >= 11 is 0. The number of aromatic amines is 1. The van der Waals surface area contributed by atoms with Crippen molar-refractivity contribution in [3.8, 4) is 0 Å². The Hall–Kier alpha value is -2.23. The largest absolute Gasteiger partial charge is 0.379 e. The fraction of sp³-hybridized carbons (Fsp3) is 0.545. The molecule has 1 saturated carbocycles. The van der Waals surface area contributed by atoms with Gasteiger partial charge in [-0.15, -0.1) is 0 Å². The van der Waals surface area contributed by atoms with Gasteiger partial charge >= 0.3 is 0 Å². The maximum Gasteiger partial charge on any atom is 0.256 e. The number of carbonyl (C=O) groups is 1. The molecule has 8 nitrogen and oxygen atoms in total. The highest BCUT2D eigenvalue weighted by Crippen LogP contribution is 2.29. The summed E-state index contributed by atoms with van der Waals surface area (Å²) in [5.74, 6) is 0.430. The minimum Gasteiger partial charge on any atom is -0.379 e. The van der Waals surface area contributed by atoms with Gasteiger partial charge in [-0.2, -0.15) is 4.31 Å². The second-order valence-corrected chi connectivity index (χ2v) is 10.5. The van der Waals surface area contributed by atoms with Gasteiger partial charge < -0.3 is 15.0 Å². The third-order valence-corrected chi connectivity index (χ3v) is 8.62. The summed E-state index contributed by atoms with van der Waals surface area (Å²) in [5, 5.41) is 3.21. The van der Waals surface area contributed by atoms with Crippen LogP contribution in [0, 0.1) is 11.8 Å². The van der Waals surface area contributed by atoms with Crippen molar-refractivity contribution in [1.82, 2.24) is 14.6 Å². The number of benzene rings is 1. The highest BCUT2D eigenvalue weighted by Gasteiger charge is 2.30. The van der Waals surface area contributed by atoms with Gasteiger partial charge in [0, 0.05) is 36.2 Å². The van der Waals surface area contributed by atoms with Crippen LogP contribution in [-0.2, 0) is 14.8 Å². The van der Waals surface area contributed by atoms with Crippen LogP contribution in [0.5, 0.6) is 0 Å². The van der Waals surface area contributed by atoms with Crippen LogP contribution in [0.1, 0.15) is 43.5 Å². The van der Waals surface area contributed by atoms with Gasteiger partial charge in [0.05, 0.1) is 18.1 Å². The smallest absolute Gasteiger partial charge is 0.256 e. The predicted molar refractivity (Wildman–Crippen MR) is 118 cm³/mol. The van der Waals surface area contributed by atoms with Crippen molar-refractivity contribution in [2.75, 3.05) is 26.3 Å². The fourth-order valence-corrected chi connectivity index (χ4v) is 5.93. The van der Waals surface area contributed by atoms with Gasteiger partial charge in [0.15, 0.2) is 0 Å². The molecular weight excluding hydrogens is 418 g/mol. The van der Waals surface area contributed by atoms with E-state index in [-0.39, 0.29) is 35.0 Å². The molecule has 2 fully saturated rings. The number of nitrogens with one attached hydrogen (secondary N) is 2. The number of hydrogen-bond acceptors (Lipinski definition) is 5. The lowest BCUT2D eigenvalue weighted by Gasteiger charge is -2.34. The average Bonchev–Trinajstić information content (AvgIpc) is 2.77. The van der Waals surface area contributed by atoms with Gasteiger partial charge in [-0.1, -0.05) is 26.7 Å². The number of sulfonamides is 1. The Kier molecular flexibility index (Phi) is 6.18. The minimum absolute atomic E-state index is 0.00107. The Balaban J connectivity index is 1.65. The predicted octanol–water partition coefficient (Wildman–Crippen LogP) is 2.10. The molecular formula is C22H29N3O5S. The topological polar surface area (TPSA) is 109 Å². The van der Waals surface area contributed by atoms with Crippen LogP contribution < -0.4 is 10.7 Å². The van der Waals surface area contributed by atoms with Crippen LogP contribution in [0.15, 0.2) is 34.1 Å². The second kappa shape index (κ2) is 8.72. The van der Waals surface area contributed by atoms with Crippen LogP contribution in [0.2, 0.25) is 0 Å². The van der Waals surface area contributed by atoms with Crippen molar-refractivity contribution in [3.63, 3.8) is 0 Å². The van der Waals surface area contributed by atoms with E-state index in [4.69, 9.17) is 4.74 Å². The SMILES string of the molecule is C[C@@H]1[C@H](C)CCC[C@@H]1NC(=O)c1c[nH]c2ccc(S(=O)(=O)N3CCOCC3)cc2c1=O. The number of nitrogens with zero attached hydrogens (tertiary/aromatic N) is 1. The summed E-state index contributed by atoms with van der Waals surface area (Å²) in [6.45, 7) is 5.55. The van der Waals surface area contributed by atoms with E-state index in [0.29, 0.717) is 30.6 Å². The zero-order valence-corrected chi connectivity index (χ0v) is 18.7. The summed E-state index contributed by atoms with van der Waals surface area (Å²) in [5.41, 5.74) is 0.0165. The van der Waals surface area contributed by atoms with E-state index in [9.17, 15) is 18.0 Å². The molecule has 9 heteroatoms. The molecule has 3 atom stereocenters. The molecule has 2 heterocycles. The van der Waals surface area contributed by atoms with Gasteiger partial charge in [0.1, 0.15) is 5.56 Å². The Morgan fingerprint density at radius 2 is 1.94 bits per heavy atom. The van der Waals surface area contributed by atoms with Crippen LogP contribution in [0.4, 0.5) is 0 Å². The van der Waals surface area contributed by atoms with Crippen molar-refractivity contribution in [2.45, 2.75) is 44.0 Å². The van der Waals surface area contributed by atoms with Crippen molar-refractivity contribution in [1.29, 1.82) is 0 Å². The van der Waals surface area contributed by atoms with Crippen molar-refractivity contribution < 1.29 is 17.9 Å². The molecule has 0 radical (unpaired) electrons. The monoisotopic (exact) mass is 447 g/mol. The van der Waals surface area contributed by atoms with Crippen molar-refractivity contribution in [3.05, 3.63) is 40.2 Å². The lowest BCUT2D eigenvalue weighted by molar-refractivity contribution is 0.0730. The Labute approximate surface area is 182 Å². The minimum atomic E-state index is -3.74. The normalized spacial score (nSPS) is 25.4. The summed E-state index contributed by atoms with van der Waals surface area (Å²) in [6.07, 6.45) is 4.50. The molecule has 1 aromatic heterocycles. The molecule has 168 valence electrons. The second-order valence-electron chi connectivity index (χ2n) is 8.60. The number of rotatable bonds is 4. The van der Waals surface area contributed by atoms with E-state index < -0.39 is 21.4 Å². The number of aromatic nitrogens is 1. The number of hydrogen-bond donors (Lipinski definition) is 2. The fourth-order valence-electron chi connectivity index (χ4n) is 4.49. The number of morpholine rings is 1. The highest BCUT2D eigenvalue weighted by molar-refractivity contribution is 7.89. The summed E-state index contributed by atoms with van der Waals surface area (Å²) < 4.78 is 32.5. The molecule has 1 saturated heterocycles. The first-order valence-electron chi connectivity index (χ1n) is 10.8. The zero-order chi connectivity index (χ0) is 22.2. The Bertz CT molecular complexity index is 1140. The Morgan fingerprint density at radius 1 is 1.19 bits per heavy atom. The maximum atomic E-state index is 13.1. The van der Waals surface area contributed by atoms with Crippen LogP contribution in [-0.4, -0.2) is 56.0 Å². The maximum absolute atomic E-state index is 13.1. The van der Waals surface area contributed by atoms with E-state index in [2.05, 4.69) is 24.1 Å². The van der Waals surface area contributed by atoms with Gasteiger partial charge in [-0.3, -0.25) is 9.59 Å². The highest BCUT2D eigenvalue weighted by atomic mass is 32.2. The van der Waals surface area contributed by atoms with Gasteiger partial charge in [-0.25, -0.2) is 8.42 Å². The third-order valence-electron chi connectivity index (χ3n) is 6.73. The lowest BCUT2D eigenvalue weighted by Crippen LogP contribution is -2.44. The summed E-state index contributed by atoms with van der Waals surface area (Å²) in [4.78, 5) is 29.0. The quantitative estimate of drug-likeness (QED) is 0.746. The van der Waals surface area contributed by atoms with Crippen molar-refractivity contribution in [2.24, 2.45) is 11.8 Å². The summed E-state index contributed by atoms with van der Waals surface area (Å²) in [7, 11) is -3.74. The molecule has 1 aliphatic carbocycles. The molecule has 31 heavy (non-hydrogen) atoms. The number of H-pyrrole nitrogens is 1. The number of ether oxygens (including phenoxy) is 1. The number of pyridine rings is 1. The molecule has 2 aromatic rings. The van der Waals surface area contributed by atoms with Crippen molar-refractivity contribution >= 4 is 26.8 Å².